The SMILES string of the molecule is CCOP(=O)(CN1C(=O)[C@@H](NC(=O)Nc2ccc(SC)cc2)CC1C)OCC. The fourth-order valence-electron chi connectivity index (χ4n) is 3.01. The average molecular weight is 429 g/mol. The number of nitrogens with one attached hydrogen (secondary N) is 2. The van der Waals surface area contributed by atoms with E-state index in [2.05, 4.69) is 10.6 Å². The van der Waals surface area contributed by atoms with Crippen LogP contribution in [-0.2, 0) is 18.4 Å². The molecule has 28 heavy (non-hydrogen) atoms. The first-order valence-corrected chi connectivity index (χ1v) is 12.2. The summed E-state index contributed by atoms with van der Waals surface area (Å²) < 4.78 is 23.3. The van der Waals surface area contributed by atoms with Gasteiger partial charge in [-0.05, 0) is 57.7 Å². The second kappa shape index (κ2) is 10.3. The fourth-order valence-corrected chi connectivity index (χ4v) is 5.24. The first-order valence-electron chi connectivity index (χ1n) is 9.22. The largest absolute Gasteiger partial charge is 0.349 e. The van der Waals surface area contributed by atoms with Crippen molar-refractivity contribution in [2.75, 3.05) is 31.1 Å². The number of anilines is 1. The van der Waals surface area contributed by atoms with Crippen LogP contribution in [0, 0.1) is 0 Å². The standard InChI is InChI=1S/C18H28N3O5PS/c1-5-25-27(24,26-6-2)12-21-13(3)11-16(17(21)22)20-18(23)19-14-7-9-15(28-4)10-8-14/h7-10,13,16H,5-6,11-12H2,1-4H3,(H2,19,20,23)/t13?,16-/m0/s1. The van der Waals surface area contributed by atoms with Crippen molar-refractivity contribution < 1.29 is 23.2 Å². The molecule has 0 saturated carbocycles. The number of rotatable bonds is 9. The number of thioether (sulfide) groups is 1. The number of carbonyl (C=O) groups excluding carboxylic acids is 2. The first-order chi connectivity index (χ1) is 13.3. The monoisotopic (exact) mass is 429 g/mol. The first kappa shape index (κ1) is 22.7. The Kier molecular flexibility index (Phi) is 8.37. The average Bonchev–Trinajstić information content (AvgIpc) is 2.90. The van der Waals surface area contributed by atoms with Crippen LogP contribution in [0.25, 0.3) is 0 Å². The van der Waals surface area contributed by atoms with Crippen LogP contribution < -0.4 is 10.6 Å². The van der Waals surface area contributed by atoms with Gasteiger partial charge in [-0.3, -0.25) is 9.36 Å². The van der Waals surface area contributed by atoms with Crippen LogP contribution in [0.15, 0.2) is 29.2 Å². The number of nitrogens with zero attached hydrogens (tertiary/aromatic N) is 1. The maximum absolute atomic E-state index is 12.7. The van der Waals surface area contributed by atoms with Gasteiger partial charge in [-0.2, -0.15) is 0 Å². The highest BCUT2D eigenvalue weighted by Gasteiger charge is 2.42. The lowest BCUT2D eigenvalue weighted by Crippen LogP contribution is -2.43. The minimum Gasteiger partial charge on any atom is -0.326 e. The molecule has 1 aliphatic rings. The van der Waals surface area contributed by atoms with E-state index >= 15 is 0 Å². The van der Waals surface area contributed by atoms with E-state index in [4.69, 9.17) is 9.05 Å². The number of urea groups is 1. The molecule has 2 N–H and O–H groups in total. The number of benzene rings is 1. The minimum atomic E-state index is -3.39. The summed E-state index contributed by atoms with van der Waals surface area (Å²) in [6.45, 7) is 5.75. The van der Waals surface area contributed by atoms with E-state index in [1.54, 1.807) is 37.7 Å². The lowest BCUT2D eigenvalue weighted by molar-refractivity contribution is -0.129. The number of likely N-dealkylation sites (tertiary alicyclic amines) is 1. The van der Waals surface area contributed by atoms with Gasteiger partial charge in [-0.1, -0.05) is 0 Å². The van der Waals surface area contributed by atoms with Gasteiger partial charge in [0.1, 0.15) is 12.3 Å². The molecule has 1 unspecified atom stereocenters. The molecule has 0 radical (unpaired) electrons. The number of carbonyl (C=O) groups is 2. The van der Waals surface area contributed by atoms with Crippen molar-refractivity contribution in [2.24, 2.45) is 0 Å². The molecule has 1 aromatic rings. The maximum atomic E-state index is 12.7. The van der Waals surface area contributed by atoms with Gasteiger partial charge in [0.2, 0.25) is 5.91 Å². The number of hydrogen-bond acceptors (Lipinski definition) is 6. The van der Waals surface area contributed by atoms with Crippen molar-refractivity contribution in [2.45, 2.75) is 44.2 Å². The molecule has 10 heteroatoms. The van der Waals surface area contributed by atoms with E-state index in [0.29, 0.717) is 12.1 Å². The van der Waals surface area contributed by atoms with Crippen molar-refractivity contribution in [3.63, 3.8) is 0 Å². The Morgan fingerprint density at radius 3 is 2.39 bits per heavy atom. The second-order valence-corrected chi connectivity index (χ2v) is 9.26. The van der Waals surface area contributed by atoms with Crippen molar-refractivity contribution in [1.29, 1.82) is 0 Å². The van der Waals surface area contributed by atoms with E-state index in [-0.39, 0.29) is 31.4 Å². The molecule has 0 spiro atoms. The van der Waals surface area contributed by atoms with Gasteiger partial charge in [0, 0.05) is 16.6 Å². The van der Waals surface area contributed by atoms with Crippen molar-refractivity contribution >= 4 is 37.0 Å². The van der Waals surface area contributed by atoms with Crippen LogP contribution in [0.5, 0.6) is 0 Å². The molecular formula is C18H28N3O5PS. The van der Waals surface area contributed by atoms with Gasteiger partial charge in [0.05, 0.1) is 13.2 Å². The molecule has 3 amide bonds. The van der Waals surface area contributed by atoms with Gasteiger partial charge in [0.25, 0.3) is 0 Å². The van der Waals surface area contributed by atoms with E-state index in [1.165, 1.54) is 4.90 Å². The lowest BCUT2D eigenvalue weighted by atomic mass is 10.2. The van der Waals surface area contributed by atoms with Gasteiger partial charge in [-0.25, -0.2) is 4.79 Å². The molecule has 1 saturated heterocycles. The Hall–Kier alpha value is -1.54. The number of amides is 3. The molecule has 1 aliphatic heterocycles. The number of hydrogen-bond donors (Lipinski definition) is 2. The quantitative estimate of drug-likeness (QED) is 0.459. The third kappa shape index (κ3) is 5.98. The molecular weight excluding hydrogens is 401 g/mol. The van der Waals surface area contributed by atoms with Gasteiger partial charge >= 0.3 is 13.6 Å². The molecule has 8 nitrogen and oxygen atoms in total. The van der Waals surface area contributed by atoms with Crippen LogP contribution in [-0.4, -0.2) is 54.7 Å². The van der Waals surface area contributed by atoms with Crippen LogP contribution in [0.1, 0.15) is 27.2 Å². The molecule has 2 atom stereocenters. The minimum absolute atomic E-state index is 0.120. The molecule has 0 bridgehead atoms. The van der Waals surface area contributed by atoms with E-state index in [9.17, 15) is 14.2 Å². The summed E-state index contributed by atoms with van der Waals surface area (Å²) in [5, 5.41) is 5.42. The van der Waals surface area contributed by atoms with Gasteiger partial charge in [-0.15, -0.1) is 11.8 Å². The third-order valence-corrected chi connectivity index (χ3v) is 7.02. The molecule has 2 rings (SSSR count). The normalized spacial score (nSPS) is 19.7. The Morgan fingerprint density at radius 2 is 1.86 bits per heavy atom. The Morgan fingerprint density at radius 1 is 1.25 bits per heavy atom. The highest BCUT2D eigenvalue weighted by atomic mass is 32.2. The zero-order valence-electron chi connectivity index (χ0n) is 16.6. The van der Waals surface area contributed by atoms with Crippen LogP contribution in [0.3, 0.4) is 0 Å². The maximum Gasteiger partial charge on any atom is 0.349 e. The predicted octanol–water partition coefficient (Wildman–Crippen LogP) is 3.74. The van der Waals surface area contributed by atoms with E-state index in [1.807, 2.05) is 25.3 Å². The highest BCUT2D eigenvalue weighted by Crippen LogP contribution is 2.49. The van der Waals surface area contributed by atoms with Gasteiger partial charge in [0.15, 0.2) is 0 Å². The van der Waals surface area contributed by atoms with Crippen molar-refractivity contribution in [3.8, 4) is 0 Å². The predicted molar refractivity (Wildman–Crippen MR) is 111 cm³/mol. The molecule has 1 heterocycles. The summed E-state index contributed by atoms with van der Waals surface area (Å²) in [6, 6.07) is 6.09. The molecule has 0 aliphatic carbocycles. The molecule has 156 valence electrons. The second-order valence-electron chi connectivity index (χ2n) is 6.36. The summed E-state index contributed by atoms with van der Waals surface area (Å²) in [7, 11) is -3.39. The summed E-state index contributed by atoms with van der Waals surface area (Å²) >= 11 is 1.61. The van der Waals surface area contributed by atoms with Crippen LogP contribution >= 0.6 is 19.4 Å². The topological polar surface area (TPSA) is 97.0 Å². The van der Waals surface area contributed by atoms with E-state index in [0.717, 1.165) is 4.90 Å². The van der Waals surface area contributed by atoms with Crippen molar-refractivity contribution in [3.05, 3.63) is 24.3 Å². The summed E-state index contributed by atoms with van der Waals surface area (Å²) in [5.41, 5.74) is 0.642. The molecule has 1 fully saturated rings. The Labute approximate surface area is 170 Å². The zero-order chi connectivity index (χ0) is 20.7. The van der Waals surface area contributed by atoms with Crippen LogP contribution in [0.4, 0.5) is 10.5 Å². The summed E-state index contributed by atoms with van der Waals surface area (Å²) in [6.07, 6.45) is 2.28. The highest BCUT2D eigenvalue weighted by molar-refractivity contribution is 7.98. The molecule has 0 aromatic heterocycles. The molecule has 1 aromatic carbocycles. The van der Waals surface area contributed by atoms with Gasteiger partial charge < -0.3 is 24.6 Å². The lowest BCUT2D eigenvalue weighted by Gasteiger charge is -2.26. The Bertz CT molecular complexity index is 720. The summed E-state index contributed by atoms with van der Waals surface area (Å²) in [4.78, 5) is 27.5. The Balaban J connectivity index is 1.97. The van der Waals surface area contributed by atoms with E-state index < -0.39 is 19.7 Å². The van der Waals surface area contributed by atoms with Crippen molar-refractivity contribution in [1.82, 2.24) is 10.2 Å². The van der Waals surface area contributed by atoms with Crippen LogP contribution in [0.2, 0.25) is 0 Å². The fraction of sp³-hybridized carbons (Fsp3) is 0.556. The zero-order valence-corrected chi connectivity index (χ0v) is 18.3. The summed E-state index contributed by atoms with van der Waals surface area (Å²) in [5.74, 6) is -0.292. The smallest absolute Gasteiger partial charge is 0.326 e. The third-order valence-electron chi connectivity index (χ3n) is 4.32.